The lowest BCUT2D eigenvalue weighted by Crippen LogP contribution is -2.32. The van der Waals surface area contributed by atoms with E-state index in [1.54, 1.807) is 30.5 Å². The van der Waals surface area contributed by atoms with Gasteiger partial charge in [0.2, 0.25) is 5.89 Å². The monoisotopic (exact) mass is 354 g/mol. The molecule has 0 spiro atoms. The Kier molecular flexibility index (Phi) is 4.49. The number of nitro groups is 1. The Morgan fingerprint density at radius 3 is 2.58 bits per heavy atom. The van der Waals surface area contributed by atoms with Crippen LogP contribution < -0.4 is 0 Å². The van der Waals surface area contributed by atoms with Crippen LogP contribution in [0.3, 0.4) is 0 Å². The molecule has 4 rings (SSSR count). The van der Waals surface area contributed by atoms with Gasteiger partial charge in [0.25, 0.3) is 11.6 Å². The van der Waals surface area contributed by atoms with E-state index in [9.17, 15) is 10.1 Å². The normalized spacial score (nSPS) is 16.0. The molecule has 1 fully saturated rings. The molecule has 8 heteroatoms. The van der Waals surface area contributed by atoms with Crippen molar-refractivity contribution >= 4 is 5.69 Å². The first-order chi connectivity index (χ1) is 12.7. The molecular weight excluding hydrogens is 336 g/mol. The number of benzene rings is 1. The van der Waals surface area contributed by atoms with Gasteiger partial charge in [-0.1, -0.05) is 12.1 Å². The van der Waals surface area contributed by atoms with Crippen LogP contribution in [0.25, 0.3) is 11.7 Å². The van der Waals surface area contributed by atoms with Gasteiger partial charge in [-0.2, -0.15) is 0 Å². The van der Waals surface area contributed by atoms with E-state index in [0.29, 0.717) is 17.5 Å². The van der Waals surface area contributed by atoms with E-state index in [4.69, 9.17) is 8.83 Å². The number of hydrogen-bond acceptors (Lipinski definition) is 7. The molecule has 1 aromatic carbocycles. The van der Waals surface area contributed by atoms with Gasteiger partial charge in [-0.15, -0.1) is 10.2 Å². The first kappa shape index (κ1) is 16.5. The standard InChI is InChI=1S/C18H18N4O4/c23-22(24)15-5-3-13(4-6-15)12-21-9-7-14(8-10-21)17-19-20-18(26-17)16-2-1-11-25-16/h1-6,11,14H,7-10,12H2. The highest BCUT2D eigenvalue weighted by Crippen LogP contribution is 2.30. The fourth-order valence-electron chi connectivity index (χ4n) is 3.22. The molecule has 0 amide bonds. The Hall–Kier alpha value is -3.00. The van der Waals surface area contributed by atoms with Crippen LogP contribution in [0.5, 0.6) is 0 Å². The molecule has 0 bridgehead atoms. The highest BCUT2D eigenvalue weighted by molar-refractivity contribution is 5.42. The summed E-state index contributed by atoms with van der Waals surface area (Å²) in [5.41, 5.74) is 1.20. The number of aromatic nitrogens is 2. The quantitative estimate of drug-likeness (QED) is 0.510. The Morgan fingerprint density at radius 2 is 1.92 bits per heavy atom. The van der Waals surface area contributed by atoms with Crippen molar-refractivity contribution in [1.29, 1.82) is 0 Å². The Balaban J connectivity index is 1.33. The smallest absolute Gasteiger partial charge is 0.283 e. The van der Waals surface area contributed by atoms with Gasteiger partial charge in [-0.3, -0.25) is 15.0 Å². The third-order valence-corrected chi connectivity index (χ3v) is 4.66. The van der Waals surface area contributed by atoms with Gasteiger partial charge >= 0.3 is 0 Å². The van der Waals surface area contributed by atoms with Gasteiger partial charge in [0.1, 0.15) is 0 Å². The van der Waals surface area contributed by atoms with Crippen LogP contribution in [-0.2, 0) is 6.54 Å². The number of non-ortho nitro benzene ring substituents is 1. The molecule has 0 saturated carbocycles. The molecule has 8 nitrogen and oxygen atoms in total. The van der Waals surface area contributed by atoms with Crippen LogP contribution in [0.2, 0.25) is 0 Å². The largest absolute Gasteiger partial charge is 0.459 e. The SMILES string of the molecule is O=[N+]([O-])c1ccc(CN2CCC(c3nnc(-c4ccco4)o3)CC2)cc1. The molecule has 134 valence electrons. The van der Waals surface area contributed by atoms with Crippen molar-refractivity contribution in [2.24, 2.45) is 0 Å². The lowest BCUT2D eigenvalue weighted by atomic mass is 9.96. The van der Waals surface area contributed by atoms with E-state index < -0.39 is 0 Å². The lowest BCUT2D eigenvalue weighted by molar-refractivity contribution is -0.384. The van der Waals surface area contributed by atoms with E-state index in [2.05, 4.69) is 15.1 Å². The Labute approximate surface area is 149 Å². The van der Waals surface area contributed by atoms with Crippen molar-refractivity contribution in [2.75, 3.05) is 13.1 Å². The summed E-state index contributed by atoms with van der Waals surface area (Å²) in [6.07, 6.45) is 3.45. The summed E-state index contributed by atoms with van der Waals surface area (Å²) in [4.78, 5) is 12.7. The first-order valence-electron chi connectivity index (χ1n) is 8.52. The fraction of sp³-hybridized carbons (Fsp3) is 0.333. The van der Waals surface area contributed by atoms with Crippen molar-refractivity contribution in [1.82, 2.24) is 15.1 Å². The molecule has 26 heavy (non-hydrogen) atoms. The number of rotatable bonds is 5. The van der Waals surface area contributed by atoms with Gasteiger partial charge in [0, 0.05) is 24.6 Å². The van der Waals surface area contributed by atoms with Crippen molar-refractivity contribution < 1.29 is 13.8 Å². The van der Waals surface area contributed by atoms with Crippen LogP contribution in [-0.4, -0.2) is 33.1 Å². The summed E-state index contributed by atoms with van der Waals surface area (Å²) in [6.45, 7) is 2.62. The van der Waals surface area contributed by atoms with Gasteiger partial charge in [-0.05, 0) is 43.6 Å². The van der Waals surface area contributed by atoms with Gasteiger partial charge < -0.3 is 8.83 Å². The minimum absolute atomic E-state index is 0.121. The summed E-state index contributed by atoms with van der Waals surface area (Å²) >= 11 is 0. The first-order valence-corrected chi connectivity index (χ1v) is 8.52. The van der Waals surface area contributed by atoms with Gasteiger partial charge in [-0.25, -0.2) is 0 Å². The van der Waals surface area contributed by atoms with E-state index >= 15 is 0 Å². The van der Waals surface area contributed by atoms with Crippen LogP contribution in [0.4, 0.5) is 5.69 Å². The van der Waals surface area contributed by atoms with Crippen molar-refractivity contribution in [3.05, 3.63) is 64.2 Å². The maximum atomic E-state index is 10.7. The molecule has 3 heterocycles. The third kappa shape index (κ3) is 3.50. The lowest BCUT2D eigenvalue weighted by Gasteiger charge is -2.30. The maximum Gasteiger partial charge on any atom is 0.283 e. The summed E-state index contributed by atoms with van der Waals surface area (Å²) in [5, 5.41) is 19.0. The van der Waals surface area contributed by atoms with E-state index in [1.165, 1.54) is 0 Å². The molecule has 1 aliphatic rings. The molecule has 0 atom stereocenters. The summed E-state index contributed by atoms with van der Waals surface area (Å²) in [6, 6.07) is 10.3. The molecule has 1 aliphatic heterocycles. The highest BCUT2D eigenvalue weighted by Gasteiger charge is 2.25. The maximum absolute atomic E-state index is 10.7. The van der Waals surface area contributed by atoms with E-state index in [0.717, 1.165) is 38.0 Å². The summed E-state index contributed by atoms with van der Waals surface area (Å²) in [7, 11) is 0. The number of hydrogen-bond donors (Lipinski definition) is 0. The number of piperidine rings is 1. The van der Waals surface area contributed by atoms with E-state index in [-0.39, 0.29) is 16.5 Å². The Bertz CT molecular complexity index is 865. The molecular formula is C18H18N4O4. The van der Waals surface area contributed by atoms with Crippen molar-refractivity contribution in [3.63, 3.8) is 0 Å². The zero-order chi connectivity index (χ0) is 17.9. The summed E-state index contributed by atoms with van der Waals surface area (Å²) < 4.78 is 11.0. The molecule has 1 saturated heterocycles. The minimum atomic E-state index is -0.378. The molecule has 3 aromatic rings. The van der Waals surface area contributed by atoms with Gasteiger partial charge in [0.05, 0.1) is 11.2 Å². The molecule has 0 radical (unpaired) electrons. The van der Waals surface area contributed by atoms with Crippen molar-refractivity contribution in [3.8, 4) is 11.7 Å². The summed E-state index contributed by atoms with van der Waals surface area (Å²) in [5.74, 6) is 1.91. The molecule has 0 unspecified atom stereocenters. The van der Waals surface area contributed by atoms with Crippen LogP contribution in [0, 0.1) is 10.1 Å². The average molecular weight is 354 g/mol. The van der Waals surface area contributed by atoms with Crippen LogP contribution in [0.15, 0.2) is 51.5 Å². The topological polar surface area (TPSA) is 98.4 Å². The molecule has 0 N–H and O–H groups in total. The van der Waals surface area contributed by atoms with Crippen LogP contribution >= 0.6 is 0 Å². The average Bonchev–Trinajstić information content (AvgIpc) is 3.34. The highest BCUT2D eigenvalue weighted by atomic mass is 16.6. The van der Waals surface area contributed by atoms with Crippen LogP contribution in [0.1, 0.15) is 30.2 Å². The predicted octanol–water partition coefficient (Wildman–Crippen LogP) is 3.62. The number of furan rings is 1. The second-order valence-corrected chi connectivity index (χ2v) is 6.40. The second-order valence-electron chi connectivity index (χ2n) is 6.40. The zero-order valence-corrected chi connectivity index (χ0v) is 14.1. The fourth-order valence-corrected chi connectivity index (χ4v) is 3.22. The molecule has 2 aromatic heterocycles. The van der Waals surface area contributed by atoms with Gasteiger partial charge in [0.15, 0.2) is 5.76 Å². The molecule has 0 aliphatic carbocycles. The predicted molar refractivity (Wildman–Crippen MR) is 92.3 cm³/mol. The minimum Gasteiger partial charge on any atom is -0.459 e. The number of nitrogens with zero attached hydrogens (tertiary/aromatic N) is 4. The Morgan fingerprint density at radius 1 is 1.15 bits per heavy atom. The zero-order valence-electron chi connectivity index (χ0n) is 14.1. The number of likely N-dealkylation sites (tertiary alicyclic amines) is 1. The third-order valence-electron chi connectivity index (χ3n) is 4.66. The second kappa shape index (κ2) is 7.09. The number of nitro benzene ring substituents is 1. The van der Waals surface area contributed by atoms with Crippen molar-refractivity contribution in [2.45, 2.75) is 25.3 Å². The van der Waals surface area contributed by atoms with E-state index in [1.807, 2.05) is 12.1 Å².